The molecule has 1 heterocycles. The van der Waals surface area contributed by atoms with Gasteiger partial charge in [-0.05, 0) is 64.6 Å². The van der Waals surface area contributed by atoms with E-state index in [0.717, 1.165) is 25.7 Å². The van der Waals surface area contributed by atoms with Crippen molar-refractivity contribution < 1.29 is 41.7 Å². The number of thiocarbonyl (C=S) groups is 1. The van der Waals surface area contributed by atoms with Gasteiger partial charge in [0.05, 0.1) is 18.0 Å². The number of esters is 1. The lowest BCUT2D eigenvalue weighted by molar-refractivity contribution is -0.177. The smallest absolute Gasteiger partial charge is 0.343 e. The summed E-state index contributed by atoms with van der Waals surface area (Å²) in [5, 5.41) is 11.8. The Kier molecular flexibility index (Phi) is 17.4. The lowest BCUT2D eigenvalue weighted by Gasteiger charge is -2.39. The number of carbonyl (C=O) groups excluding carboxylic acids is 2. The average Bonchev–Trinajstić information content (AvgIpc) is 3.44. The fourth-order valence-corrected chi connectivity index (χ4v) is 7.71. The summed E-state index contributed by atoms with van der Waals surface area (Å²) in [4.78, 5) is 29.9. The molecule has 0 unspecified atom stereocenters. The molecule has 1 aliphatic rings. The summed E-state index contributed by atoms with van der Waals surface area (Å²) in [6.07, 6.45) is 3.74. The highest BCUT2D eigenvalue weighted by Crippen LogP contribution is 2.48. The average molecular weight is 792 g/mol. The molecule has 6 nitrogen and oxygen atoms in total. The maximum absolute atomic E-state index is 15.0. The van der Waals surface area contributed by atoms with E-state index in [2.05, 4.69) is 6.92 Å². The van der Waals surface area contributed by atoms with Crippen molar-refractivity contribution in [3.05, 3.63) is 83.4 Å². The van der Waals surface area contributed by atoms with Gasteiger partial charge in [-0.15, -0.1) is 0 Å². The first-order valence-corrected chi connectivity index (χ1v) is 20.3. The molecule has 3 rings (SSSR count). The molecule has 11 heteroatoms. The van der Waals surface area contributed by atoms with Crippen LogP contribution >= 0.6 is 12.2 Å². The highest BCUT2D eigenvalue weighted by Gasteiger charge is 2.60. The van der Waals surface area contributed by atoms with Crippen LogP contribution in [0.25, 0.3) is 0 Å². The first kappa shape index (κ1) is 46.1. The molecule has 0 aromatic heterocycles. The third kappa shape index (κ3) is 12.6. The Morgan fingerprint density at radius 3 is 1.84 bits per heavy atom. The number of benzene rings is 2. The van der Waals surface area contributed by atoms with Crippen molar-refractivity contribution in [2.75, 3.05) is 0 Å². The maximum Gasteiger partial charge on any atom is 0.343 e. The summed E-state index contributed by atoms with van der Waals surface area (Å²) in [7, 11) is 0. The molecular weight excluding hydrogens is 731 g/mol. The lowest BCUT2D eigenvalue weighted by atomic mass is 9.75. The summed E-state index contributed by atoms with van der Waals surface area (Å²) in [6.45, 7) is 10.5. The Bertz CT molecular complexity index is 1510. The topological polar surface area (TPSA) is 76.1 Å². The molecule has 0 aliphatic carbocycles. The zero-order valence-electron chi connectivity index (χ0n) is 33.4. The molecule has 1 N–H and O–H groups in total. The molecule has 1 fully saturated rings. The van der Waals surface area contributed by atoms with E-state index in [1.54, 1.807) is 0 Å². The van der Waals surface area contributed by atoms with E-state index in [-0.39, 0.29) is 30.4 Å². The third-order valence-electron chi connectivity index (χ3n) is 10.00. The molecule has 306 valence electrons. The minimum absolute atomic E-state index is 0.0987. The van der Waals surface area contributed by atoms with Gasteiger partial charge in [-0.3, -0.25) is 9.69 Å². The fraction of sp³-hybridized carbons (Fsp3) is 0.614. The van der Waals surface area contributed by atoms with Crippen LogP contribution in [0.4, 0.5) is 17.6 Å². The lowest BCUT2D eigenvalue weighted by Crippen LogP contribution is -2.55. The van der Waals surface area contributed by atoms with Crippen LogP contribution in [-0.4, -0.2) is 56.6 Å². The van der Waals surface area contributed by atoms with Crippen LogP contribution in [0.1, 0.15) is 143 Å². The first-order valence-electron chi connectivity index (χ1n) is 19.9. The van der Waals surface area contributed by atoms with E-state index in [4.69, 9.17) is 21.7 Å². The van der Waals surface area contributed by atoms with Crippen molar-refractivity contribution in [3.8, 4) is 0 Å². The SMILES string of the molecule is CCCCCCCC(F)(F)CCCCCCC/C=C(\C(=O)N1C(=S)OC(c2ccccc2)(c2ccccc2)[C@@H]1C(C)C)[C@@](O)(CC(F)F)C(=O)OC(C)(C)C. The zero-order chi connectivity index (χ0) is 40.9. The normalized spacial score (nSPS) is 17.4. The second-order valence-electron chi connectivity index (χ2n) is 16.1. The van der Waals surface area contributed by atoms with Crippen molar-refractivity contribution in [2.24, 2.45) is 5.92 Å². The first-order chi connectivity index (χ1) is 25.9. The van der Waals surface area contributed by atoms with Crippen LogP contribution in [-0.2, 0) is 24.7 Å². The Morgan fingerprint density at radius 2 is 1.36 bits per heavy atom. The molecular formula is C44H61F4NO5S. The van der Waals surface area contributed by atoms with Crippen LogP contribution in [0, 0.1) is 5.92 Å². The molecule has 0 spiro atoms. The standard InChI is InChI=1S/C44H61F4NO5S/c1-7-8-9-13-22-29-42(47,48)30-23-14-11-10-12-21-28-35(43(52,31-36(45)46)39(51)53-41(4,5)6)38(50)49-37(32(2)3)44(54-40(49)55,33-24-17-15-18-25-33)34-26-19-16-20-27-34/h15-20,24-28,32,36-37,52H,7-14,21-23,29-31H2,1-6H3/b35-28+/t37-,43-/m0/s1. The van der Waals surface area contributed by atoms with Crippen molar-refractivity contribution >= 4 is 29.3 Å². The molecule has 2 aromatic carbocycles. The van der Waals surface area contributed by atoms with Gasteiger partial charge in [0.25, 0.3) is 11.1 Å². The second-order valence-corrected chi connectivity index (χ2v) is 16.5. The summed E-state index contributed by atoms with van der Waals surface area (Å²) in [6, 6.07) is 17.7. The summed E-state index contributed by atoms with van der Waals surface area (Å²) >= 11 is 5.76. The number of aliphatic hydroxyl groups is 1. The van der Waals surface area contributed by atoms with Gasteiger partial charge in [0, 0.05) is 24.0 Å². The van der Waals surface area contributed by atoms with Crippen LogP contribution in [0.15, 0.2) is 72.3 Å². The van der Waals surface area contributed by atoms with Gasteiger partial charge < -0.3 is 14.6 Å². The third-order valence-corrected chi connectivity index (χ3v) is 10.3. The maximum atomic E-state index is 15.0. The highest BCUT2D eigenvalue weighted by atomic mass is 32.1. The highest BCUT2D eigenvalue weighted by molar-refractivity contribution is 7.80. The van der Waals surface area contributed by atoms with Crippen LogP contribution < -0.4 is 0 Å². The van der Waals surface area contributed by atoms with Crippen molar-refractivity contribution in [3.63, 3.8) is 0 Å². The molecule has 0 saturated carbocycles. The largest absolute Gasteiger partial charge is 0.458 e. The molecule has 2 atom stereocenters. The Labute approximate surface area is 331 Å². The Hall–Kier alpha value is -3.31. The number of nitrogens with zero attached hydrogens (tertiary/aromatic N) is 1. The van der Waals surface area contributed by atoms with E-state index in [0.29, 0.717) is 49.7 Å². The van der Waals surface area contributed by atoms with E-state index in [1.807, 2.05) is 74.5 Å². The monoisotopic (exact) mass is 791 g/mol. The molecule has 1 aliphatic heterocycles. The number of hydrogen-bond donors (Lipinski definition) is 1. The number of ether oxygens (including phenoxy) is 2. The summed E-state index contributed by atoms with van der Waals surface area (Å²) in [5.74, 6) is -5.34. The van der Waals surface area contributed by atoms with E-state index in [9.17, 15) is 32.3 Å². The molecule has 0 radical (unpaired) electrons. The number of unbranched alkanes of at least 4 members (excludes halogenated alkanes) is 9. The number of halogens is 4. The van der Waals surface area contributed by atoms with Gasteiger partial charge in [0.1, 0.15) is 5.60 Å². The summed E-state index contributed by atoms with van der Waals surface area (Å²) in [5.41, 5.74) is -4.69. The van der Waals surface area contributed by atoms with Crippen molar-refractivity contribution in [2.45, 2.75) is 167 Å². The zero-order valence-corrected chi connectivity index (χ0v) is 34.2. The number of carbonyl (C=O) groups is 2. The number of allylic oxidation sites excluding steroid dienone is 1. The number of alkyl halides is 4. The molecule has 55 heavy (non-hydrogen) atoms. The van der Waals surface area contributed by atoms with Crippen molar-refractivity contribution in [1.82, 2.24) is 4.90 Å². The van der Waals surface area contributed by atoms with Gasteiger partial charge in [-0.2, -0.15) is 0 Å². The molecule has 1 amide bonds. The van der Waals surface area contributed by atoms with Gasteiger partial charge in [0.15, 0.2) is 11.2 Å². The minimum Gasteiger partial charge on any atom is -0.458 e. The Balaban J connectivity index is 1.93. The van der Waals surface area contributed by atoms with Gasteiger partial charge >= 0.3 is 5.97 Å². The van der Waals surface area contributed by atoms with E-state index >= 15 is 0 Å². The quantitative estimate of drug-likeness (QED) is 0.0421. The van der Waals surface area contributed by atoms with Gasteiger partial charge in [-0.1, -0.05) is 132 Å². The summed E-state index contributed by atoms with van der Waals surface area (Å²) < 4.78 is 69.4. The van der Waals surface area contributed by atoms with Gasteiger partial charge in [-0.25, -0.2) is 22.4 Å². The van der Waals surface area contributed by atoms with E-state index in [1.165, 1.54) is 31.7 Å². The predicted molar refractivity (Wildman–Crippen MR) is 213 cm³/mol. The minimum atomic E-state index is -3.18. The van der Waals surface area contributed by atoms with Crippen LogP contribution in [0.2, 0.25) is 0 Å². The van der Waals surface area contributed by atoms with E-state index < -0.39 is 59.1 Å². The number of rotatable bonds is 22. The molecule has 2 aromatic rings. The second kappa shape index (κ2) is 20.7. The Morgan fingerprint density at radius 1 is 0.873 bits per heavy atom. The van der Waals surface area contributed by atoms with Gasteiger partial charge in [0.2, 0.25) is 12.3 Å². The molecule has 1 saturated heterocycles. The predicted octanol–water partition coefficient (Wildman–Crippen LogP) is 11.5. The molecule has 0 bridgehead atoms. The number of hydrogen-bond acceptors (Lipinski definition) is 6. The van der Waals surface area contributed by atoms with Crippen LogP contribution in [0.5, 0.6) is 0 Å². The number of amides is 1. The fourth-order valence-electron chi connectivity index (χ4n) is 7.39. The van der Waals surface area contributed by atoms with Crippen LogP contribution in [0.3, 0.4) is 0 Å². The van der Waals surface area contributed by atoms with Crippen molar-refractivity contribution in [1.29, 1.82) is 0 Å².